The molecule has 2 atom stereocenters. The van der Waals surface area contributed by atoms with Gasteiger partial charge in [0.1, 0.15) is 0 Å². The van der Waals surface area contributed by atoms with Gasteiger partial charge in [0.25, 0.3) is 0 Å². The Bertz CT molecular complexity index is 303. The Balaban J connectivity index is 1.69. The van der Waals surface area contributed by atoms with Crippen LogP contribution in [0, 0.1) is 11.8 Å². The second-order valence-electron chi connectivity index (χ2n) is 5.03. The average molecular weight is 206 g/mol. The number of hydrogen-bond acceptors (Lipinski definition) is 1. The summed E-state index contributed by atoms with van der Waals surface area (Å²) >= 11 is 0. The van der Waals surface area contributed by atoms with Crippen LogP contribution in [-0.2, 0) is 13.6 Å². The van der Waals surface area contributed by atoms with Gasteiger partial charge in [0.15, 0.2) is 0 Å². The molecule has 0 aromatic carbocycles. The summed E-state index contributed by atoms with van der Waals surface area (Å²) in [6, 6.07) is 4.29. The fourth-order valence-electron chi connectivity index (χ4n) is 2.59. The lowest BCUT2D eigenvalue weighted by Gasteiger charge is -2.11. The SMILES string of the molecule is CC1CCC(CNCc2cccn2C)C1. The maximum Gasteiger partial charge on any atom is 0.0359 e. The Morgan fingerprint density at radius 3 is 2.93 bits per heavy atom. The maximum atomic E-state index is 3.57. The van der Waals surface area contributed by atoms with Gasteiger partial charge in [0.05, 0.1) is 0 Å². The van der Waals surface area contributed by atoms with Crippen molar-refractivity contribution in [2.75, 3.05) is 6.54 Å². The van der Waals surface area contributed by atoms with E-state index in [2.05, 4.69) is 42.2 Å². The highest BCUT2D eigenvalue weighted by molar-refractivity contribution is 5.05. The van der Waals surface area contributed by atoms with E-state index >= 15 is 0 Å². The van der Waals surface area contributed by atoms with Crippen LogP contribution in [0.5, 0.6) is 0 Å². The molecule has 84 valence electrons. The standard InChI is InChI=1S/C13H22N2/c1-11-5-6-12(8-11)9-14-10-13-4-3-7-15(13)2/h3-4,7,11-12,14H,5-6,8-10H2,1-2H3. The van der Waals surface area contributed by atoms with Gasteiger partial charge in [-0.1, -0.05) is 13.3 Å². The number of rotatable bonds is 4. The Morgan fingerprint density at radius 2 is 2.33 bits per heavy atom. The van der Waals surface area contributed by atoms with Crippen molar-refractivity contribution < 1.29 is 0 Å². The summed E-state index contributed by atoms with van der Waals surface area (Å²) < 4.78 is 2.18. The highest BCUT2D eigenvalue weighted by atomic mass is 15.0. The molecule has 1 aromatic rings. The van der Waals surface area contributed by atoms with E-state index in [-0.39, 0.29) is 0 Å². The smallest absolute Gasteiger partial charge is 0.0359 e. The molecule has 1 heterocycles. The first-order valence-corrected chi connectivity index (χ1v) is 6.06. The first-order chi connectivity index (χ1) is 7.25. The van der Waals surface area contributed by atoms with E-state index in [1.54, 1.807) is 0 Å². The second-order valence-corrected chi connectivity index (χ2v) is 5.03. The van der Waals surface area contributed by atoms with Gasteiger partial charge in [0, 0.05) is 25.5 Å². The quantitative estimate of drug-likeness (QED) is 0.801. The van der Waals surface area contributed by atoms with Gasteiger partial charge < -0.3 is 9.88 Å². The lowest BCUT2D eigenvalue weighted by molar-refractivity contribution is 0.466. The molecule has 2 unspecified atom stereocenters. The lowest BCUT2D eigenvalue weighted by Crippen LogP contribution is -2.22. The average Bonchev–Trinajstić information content (AvgIpc) is 2.77. The van der Waals surface area contributed by atoms with Gasteiger partial charge in [-0.2, -0.15) is 0 Å². The van der Waals surface area contributed by atoms with E-state index in [0.29, 0.717) is 0 Å². The number of hydrogen-bond donors (Lipinski definition) is 1. The van der Waals surface area contributed by atoms with Crippen LogP contribution in [0.4, 0.5) is 0 Å². The van der Waals surface area contributed by atoms with Gasteiger partial charge in [-0.05, 0) is 43.4 Å². The van der Waals surface area contributed by atoms with Crippen LogP contribution in [0.2, 0.25) is 0 Å². The van der Waals surface area contributed by atoms with Crippen molar-refractivity contribution in [2.45, 2.75) is 32.7 Å². The third kappa shape index (κ3) is 2.85. The fourth-order valence-corrected chi connectivity index (χ4v) is 2.59. The van der Waals surface area contributed by atoms with Crippen LogP contribution >= 0.6 is 0 Å². The summed E-state index contributed by atoms with van der Waals surface area (Å²) in [6.07, 6.45) is 6.37. The Labute approximate surface area is 92.7 Å². The van der Waals surface area contributed by atoms with Crippen LogP contribution in [0.3, 0.4) is 0 Å². The highest BCUT2D eigenvalue weighted by Crippen LogP contribution is 2.29. The molecular formula is C13H22N2. The molecule has 0 amide bonds. The number of nitrogens with zero attached hydrogens (tertiary/aromatic N) is 1. The van der Waals surface area contributed by atoms with Gasteiger partial charge >= 0.3 is 0 Å². The van der Waals surface area contributed by atoms with E-state index in [1.807, 2.05) is 0 Å². The van der Waals surface area contributed by atoms with Crippen molar-refractivity contribution in [2.24, 2.45) is 18.9 Å². The predicted octanol–water partition coefficient (Wildman–Crippen LogP) is 2.55. The highest BCUT2D eigenvalue weighted by Gasteiger charge is 2.20. The molecule has 15 heavy (non-hydrogen) atoms. The topological polar surface area (TPSA) is 17.0 Å². The van der Waals surface area contributed by atoms with Gasteiger partial charge in [-0.15, -0.1) is 0 Å². The number of aromatic nitrogens is 1. The Morgan fingerprint density at radius 1 is 1.47 bits per heavy atom. The molecule has 1 aromatic heterocycles. The molecule has 0 aliphatic heterocycles. The molecule has 0 radical (unpaired) electrons. The normalized spacial score (nSPS) is 26.0. The molecule has 1 N–H and O–H groups in total. The van der Waals surface area contributed by atoms with E-state index in [9.17, 15) is 0 Å². The third-order valence-electron chi connectivity index (χ3n) is 3.59. The zero-order valence-electron chi connectivity index (χ0n) is 9.87. The molecule has 1 saturated carbocycles. The molecule has 2 heteroatoms. The van der Waals surface area contributed by atoms with Crippen molar-refractivity contribution >= 4 is 0 Å². The summed E-state index contributed by atoms with van der Waals surface area (Å²) in [7, 11) is 2.11. The summed E-state index contributed by atoms with van der Waals surface area (Å²) in [5.41, 5.74) is 1.38. The first kappa shape index (κ1) is 10.7. The van der Waals surface area contributed by atoms with Crippen LogP contribution in [0.15, 0.2) is 18.3 Å². The molecule has 1 fully saturated rings. The van der Waals surface area contributed by atoms with E-state index < -0.39 is 0 Å². The Hall–Kier alpha value is -0.760. The molecule has 0 bridgehead atoms. The zero-order valence-corrected chi connectivity index (χ0v) is 9.87. The van der Waals surface area contributed by atoms with Gasteiger partial charge in [-0.3, -0.25) is 0 Å². The summed E-state index contributed by atoms with van der Waals surface area (Å²) in [6.45, 7) is 4.57. The molecule has 1 aliphatic carbocycles. The molecule has 1 aliphatic rings. The van der Waals surface area contributed by atoms with E-state index in [1.165, 1.54) is 31.5 Å². The zero-order chi connectivity index (χ0) is 10.7. The molecule has 2 rings (SSSR count). The minimum atomic E-state index is 0.917. The van der Waals surface area contributed by atoms with Crippen molar-refractivity contribution in [1.29, 1.82) is 0 Å². The molecule has 2 nitrogen and oxygen atoms in total. The Kier molecular flexibility index (Phi) is 3.47. The van der Waals surface area contributed by atoms with Crippen molar-refractivity contribution in [1.82, 2.24) is 9.88 Å². The molecular weight excluding hydrogens is 184 g/mol. The summed E-state index contributed by atoms with van der Waals surface area (Å²) in [4.78, 5) is 0. The minimum Gasteiger partial charge on any atom is -0.353 e. The fraction of sp³-hybridized carbons (Fsp3) is 0.692. The number of nitrogens with one attached hydrogen (secondary N) is 1. The van der Waals surface area contributed by atoms with Gasteiger partial charge in [-0.25, -0.2) is 0 Å². The van der Waals surface area contributed by atoms with E-state index in [4.69, 9.17) is 0 Å². The second kappa shape index (κ2) is 4.84. The van der Waals surface area contributed by atoms with Crippen LogP contribution in [0.25, 0.3) is 0 Å². The first-order valence-electron chi connectivity index (χ1n) is 6.06. The van der Waals surface area contributed by atoms with Crippen molar-refractivity contribution in [3.63, 3.8) is 0 Å². The predicted molar refractivity (Wildman–Crippen MR) is 63.6 cm³/mol. The summed E-state index contributed by atoms with van der Waals surface area (Å²) in [5.74, 6) is 1.87. The van der Waals surface area contributed by atoms with Crippen molar-refractivity contribution in [3.8, 4) is 0 Å². The monoisotopic (exact) mass is 206 g/mol. The van der Waals surface area contributed by atoms with Crippen LogP contribution in [-0.4, -0.2) is 11.1 Å². The van der Waals surface area contributed by atoms with E-state index in [0.717, 1.165) is 18.4 Å². The molecule has 0 saturated heterocycles. The molecule has 0 spiro atoms. The largest absolute Gasteiger partial charge is 0.353 e. The van der Waals surface area contributed by atoms with Crippen molar-refractivity contribution in [3.05, 3.63) is 24.0 Å². The lowest BCUT2D eigenvalue weighted by atomic mass is 10.1. The van der Waals surface area contributed by atoms with Gasteiger partial charge in [0.2, 0.25) is 0 Å². The number of aryl methyl sites for hydroxylation is 1. The third-order valence-corrected chi connectivity index (χ3v) is 3.59. The van der Waals surface area contributed by atoms with Crippen LogP contribution in [0.1, 0.15) is 31.9 Å². The summed E-state index contributed by atoms with van der Waals surface area (Å²) in [5, 5.41) is 3.57. The minimum absolute atomic E-state index is 0.917. The maximum absolute atomic E-state index is 3.57. The van der Waals surface area contributed by atoms with Crippen LogP contribution < -0.4 is 5.32 Å².